The van der Waals surface area contributed by atoms with Crippen LogP contribution in [0.15, 0.2) is 72.8 Å². The monoisotopic (exact) mass is 467 g/mol. The highest BCUT2D eigenvalue weighted by Crippen LogP contribution is 2.38. The molecule has 0 aliphatic heterocycles. The molecule has 0 saturated carbocycles. The van der Waals surface area contributed by atoms with Gasteiger partial charge < -0.3 is 20.4 Å². The molecule has 1 amide bonds. The molecule has 1 heterocycles. The molecule has 0 fully saturated rings. The number of carbonyl (C=O) groups is 1. The second kappa shape index (κ2) is 9.51. The molecule has 1 aromatic heterocycles. The molecular formula is C26H24F3N3O2. The normalized spacial score (nSPS) is 11.5. The number of nitrogens with zero attached hydrogens (tertiary/aromatic N) is 1. The summed E-state index contributed by atoms with van der Waals surface area (Å²) in [6.07, 6.45) is -3.75. The molecular weight excluding hydrogens is 443 g/mol. The number of ether oxygens (including phenoxy) is 1. The van der Waals surface area contributed by atoms with Gasteiger partial charge in [-0.05, 0) is 43.2 Å². The Hall–Kier alpha value is -3.94. The maximum atomic E-state index is 12.7. The summed E-state index contributed by atoms with van der Waals surface area (Å²) in [5.74, 6) is -0.386. The largest absolute Gasteiger partial charge is 0.573 e. The number of nitrogens with one attached hydrogen (secondary N) is 1. The van der Waals surface area contributed by atoms with Crippen molar-refractivity contribution in [2.24, 2.45) is 0 Å². The van der Waals surface area contributed by atoms with Crippen molar-refractivity contribution in [3.63, 3.8) is 0 Å². The van der Waals surface area contributed by atoms with Crippen LogP contribution < -0.4 is 15.8 Å². The van der Waals surface area contributed by atoms with Crippen molar-refractivity contribution in [3.05, 3.63) is 78.4 Å². The number of benzene rings is 3. The smallest absolute Gasteiger partial charge is 0.406 e. The van der Waals surface area contributed by atoms with E-state index >= 15 is 0 Å². The van der Waals surface area contributed by atoms with Crippen LogP contribution in [0.5, 0.6) is 5.75 Å². The van der Waals surface area contributed by atoms with Gasteiger partial charge in [0.15, 0.2) is 0 Å². The van der Waals surface area contributed by atoms with Gasteiger partial charge in [0, 0.05) is 35.7 Å². The molecule has 3 N–H and O–H groups in total. The number of carbonyl (C=O) groups excluding carboxylic acids is 1. The second-order valence-corrected chi connectivity index (χ2v) is 7.84. The first-order valence-corrected chi connectivity index (χ1v) is 10.9. The number of rotatable bonds is 7. The standard InChI is InChI=1S/C26H24F3N3O2/c1-2-32-22-16-20(34-26(27,28)29)13-14-21(22)24(30)25(32)18-9-11-19(12-10-18)31-23(33)15-8-17-6-4-3-5-7-17/h3-7,9-14,16H,2,8,15,30H2,1H3,(H,31,33). The molecule has 8 heteroatoms. The Bertz CT molecular complexity index is 1300. The molecule has 4 rings (SSSR count). The Kier molecular flexibility index (Phi) is 6.49. The molecule has 0 bridgehead atoms. The topological polar surface area (TPSA) is 69.3 Å². The first-order chi connectivity index (χ1) is 16.2. The van der Waals surface area contributed by atoms with Crippen LogP contribution in [-0.4, -0.2) is 16.8 Å². The first kappa shape index (κ1) is 23.2. The van der Waals surface area contributed by atoms with Crippen LogP contribution in [0.1, 0.15) is 18.9 Å². The molecule has 0 aliphatic rings. The zero-order chi connectivity index (χ0) is 24.3. The minimum absolute atomic E-state index is 0.0871. The Labute approximate surface area is 194 Å². The summed E-state index contributed by atoms with van der Waals surface area (Å²) in [6, 6.07) is 21.1. The number of hydrogen-bond acceptors (Lipinski definition) is 3. The fraction of sp³-hybridized carbons (Fsp3) is 0.192. The van der Waals surface area contributed by atoms with Crippen LogP contribution in [0.4, 0.5) is 24.5 Å². The van der Waals surface area contributed by atoms with Crippen LogP contribution in [0.3, 0.4) is 0 Å². The third-order valence-corrected chi connectivity index (χ3v) is 5.55. The van der Waals surface area contributed by atoms with Gasteiger partial charge in [-0.15, -0.1) is 13.2 Å². The van der Waals surface area contributed by atoms with Crippen LogP contribution in [-0.2, 0) is 17.8 Å². The number of fused-ring (bicyclic) bond motifs is 1. The summed E-state index contributed by atoms with van der Waals surface area (Å²) in [7, 11) is 0. The summed E-state index contributed by atoms with van der Waals surface area (Å²) in [5.41, 5.74) is 10.6. The second-order valence-electron chi connectivity index (χ2n) is 7.84. The summed E-state index contributed by atoms with van der Waals surface area (Å²) < 4.78 is 43.9. The number of hydrogen-bond donors (Lipinski definition) is 2. The average molecular weight is 467 g/mol. The zero-order valence-electron chi connectivity index (χ0n) is 18.5. The summed E-state index contributed by atoms with van der Waals surface area (Å²) in [6.45, 7) is 2.39. The molecule has 4 aromatic rings. The number of alkyl halides is 3. The highest BCUT2D eigenvalue weighted by Gasteiger charge is 2.31. The van der Waals surface area contributed by atoms with Gasteiger partial charge in [0.05, 0.1) is 16.9 Å². The number of amides is 1. The summed E-state index contributed by atoms with van der Waals surface area (Å²) >= 11 is 0. The van der Waals surface area contributed by atoms with Crippen molar-refractivity contribution in [2.45, 2.75) is 32.7 Å². The van der Waals surface area contributed by atoms with E-state index in [1.807, 2.05) is 54.0 Å². The van der Waals surface area contributed by atoms with E-state index in [4.69, 9.17) is 5.73 Å². The number of halogens is 3. The van der Waals surface area contributed by atoms with Gasteiger partial charge in [-0.1, -0.05) is 42.5 Å². The fourth-order valence-electron chi connectivity index (χ4n) is 4.03. The Morgan fingerprint density at radius 1 is 1.03 bits per heavy atom. The van der Waals surface area contributed by atoms with Gasteiger partial charge in [-0.3, -0.25) is 4.79 Å². The van der Waals surface area contributed by atoms with E-state index in [-0.39, 0.29) is 11.7 Å². The molecule has 0 aliphatic carbocycles. The van der Waals surface area contributed by atoms with E-state index in [1.54, 1.807) is 12.1 Å². The van der Waals surface area contributed by atoms with Crippen LogP contribution >= 0.6 is 0 Å². The lowest BCUT2D eigenvalue weighted by molar-refractivity contribution is -0.274. The molecule has 0 saturated heterocycles. The number of anilines is 2. The first-order valence-electron chi connectivity index (χ1n) is 10.9. The van der Waals surface area contributed by atoms with Gasteiger partial charge in [0.25, 0.3) is 0 Å². The molecule has 3 aromatic carbocycles. The lowest BCUT2D eigenvalue weighted by Gasteiger charge is -2.11. The third-order valence-electron chi connectivity index (χ3n) is 5.55. The quantitative estimate of drug-likeness (QED) is 0.331. The number of aryl methyl sites for hydroxylation is 2. The number of nitrogen functional groups attached to an aromatic ring is 1. The molecule has 5 nitrogen and oxygen atoms in total. The van der Waals surface area contributed by atoms with Crippen molar-refractivity contribution in [1.82, 2.24) is 4.57 Å². The molecule has 34 heavy (non-hydrogen) atoms. The Balaban J connectivity index is 1.54. The Morgan fingerprint density at radius 3 is 2.38 bits per heavy atom. The van der Waals surface area contributed by atoms with E-state index in [9.17, 15) is 18.0 Å². The maximum Gasteiger partial charge on any atom is 0.573 e. The number of nitrogens with two attached hydrogens (primary N) is 1. The summed E-state index contributed by atoms with van der Waals surface area (Å²) in [5, 5.41) is 3.53. The highest BCUT2D eigenvalue weighted by molar-refractivity contribution is 6.01. The van der Waals surface area contributed by atoms with Crippen LogP contribution in [0.25, 0.3) is 22.2 Å². The highest BCUT2D eigenvalue weighted by atomic mass is 19.4. The zero-order valence-corrected chi connectivity index (χ0v) is 18.5. The van der Waals surface area contributed by atoms with Gasteiger partial charge >= 0.3 is 6.36 Å². The summed E-state index contributed by atoms with van der Waals surface area (Å²) in [4.78, 5) is 12.3. The van der Waals surface area contributed by atoms with Gasteiger partial charge in [-0.2, -0.15) is 0 Å². The molecule has 0 atom stereocenters. The molecule has 0 spiro atoms. The van der Waals surface area contributed by atoms with Crippen molar-refractivity contribution in [1.29, 1.82) is 0 Å². The van der Waals surface area contributed by atoms with Crippen LogP contribution in [0, 0.1) is 0 Å². The van der Waals surface area contributed by atoms with E-state index in [0.29, 0.717) is 47.4 Å². The third kappa shape index (κ3) is 5.17. The van der Waals surface area contributed by atoms with Crippen molar-refractivity contribution in [2.75, 3.05) is 11.1 Å². The van der Waals surface area contributed by atoms with E-state index < -0.39 is 6.36 Å². The van der Waals surface area contributed by atoms with Gasteiger partial charge in [0.1, 0.15) is 5.75 Å². The minimum atomic E-state index is -4.77. The van der Waals surface area contributed by atoms with Crippen molar-refractivity contribution >= 4 is 28.2 Å². The fourth-order valence-corrected chi connectivity index (χ4v) is 4.03. The maximum absolute atomic E-state index is 12.7. The van der Waals surface area contributed by atoms with Crippen molar-refractivity contribution < 1.29 is 22.7 Å². The average Bonchev–Trinajstić information content (AvgIpc) is 3.09. The molecule has 0 unspecified atom stereocenters. The Morgan fingerprint density at radius 2 is 1.74 bits per heavy atom. The SMILES string of the molecule is CCn1c(-c2ccc(NC(=O)CCc3ccccc3)cc2)c(N)c2ccc(OC(F)(F)F)cc21. The van der Waals surface area contributed by atoms with Crippen molar-refractivity contribution in [3.8, 4) is 17.0 Å². The van der Waals surface area contributed by atoms with Gasteiger partial charge in [0.2, 0.25) is 5.91 Å². The molecule has 0 radical (unpaired) electrons. The minimum Gasteiger partial charge on any atom is -0.406 e. The van der Waals surface area contributed by atoms with Gasteiger partial charge in [-0.25, -0.2) is 0 Å². The lowest BCUT2D eigenvalue weighted by Crippen LogP contribution is -2.17. The predicted octanol–water partition coefficient (Wildman–Crippen LogP) is 6.38. The molecule has 176 valence electrons. The number of aromatic nitrogens is 1. The van der Waals surface area contributed by atoms with E-state index in [1.165, 1.54) is 18.2 Å². The predicted molar refractivity (Wildman–Crippen MR) is 128 cm³/mol. The van der Waals surface area contributed by atoms with E-state index in [2.05, 4.69) is 10.1 Å². The van der Waals surface area contributed by atoms with E-state index in [0.717, 1.165) is 11.1 Å². The lowest BCUT2D eigenvalue weighted by atomic mass is 10.1. The van der Waals surface area contributed by atoms with Crippen LogP contribution in [0.2, 0.25) is 0 Å².